The molecule has 0 aromatic rings. The summed E-state index contributed by atoms with van der Waals surface area (Å²) in [6.07, 6.45) is 2.56. The quantitative estimate of drug-likeness (QED) is 0.634. The molecule has 4 heteroatoms. The van der Waals surface area contributed by atoms with Gasteiger partial charge in [0.2, 0.25) is 0 Å². The molecule has 12 heavy (non-hydrogen) atoms. The number of amides is 2. The van der Waals surface area contributed by atoms with Gasteiger partial charge in [0.25, 0.3) is 0 Å². The first-order chi connectivity index (χ1) is 5.68. The number of nitrogens with zero attached hydrogens (tertiary/aromatic N) is 1. The summed E-state index contributed by atoms with van der Waals surface area (Å²) in [5.41, 5.74) is 5.00. The van der Waals surface area contributed by atoms with Crippen LogP contribution in [0.4, 0.5) is 4.79 Å². The summed E-state index contributed by atoms with van der Waals surface area (Å²) in [7, 11) is 0. The van der Waals surface area contributed by atoms with E-state index in [9.17, 15) is 4.79 Å². The summed E-state index contributed by atoms with van der Waals surface area (Å²) < 4.78 is 0. The minimum atomic E-state index is -0.429. The van der Waals surface area contributed by atoms with Crippen LogP contribution in [0.1, 0.15) is 19.8 Å². The zero-order valence-corrected chi connectivity index (χ0v) is 7.55. The maximum absolute atomic E-state index is 10.5. The van der Waals surface area contributed by atoms with Crippen molar-refractivity contribution >= 4 is 6.03 Å². The number of hydrogen-bond donors (Lipinski definition) is 2. The van der Waals surface area contributed by atoms with E-state index < -0.39 is 6.03 Å². The normalized spacial score (nSPS) is 20.8. The molecule has 0 radical (unpaired) electrons. The Bertz CT molecular complexity index is 154. The van der Waals surface area contributed by atoms with E-state index in [0.717, 1.165) is 19.6 Å². The predicted molar refractivity (Wildman–Crippen MR) is 47.9 cm³/mol. The molecule has 1 heterocycles. The molecule has 1 rings (SSSR count). The maximum atomic E-state index is 10.5. The van der Waals surface area contributed by atoms with E-state index in [1.54, 1.807) is 0 Å². The monoisotopic (exact) mass is 171 g/mol. The van der Waals surface area contributed by atoms with Gasteiger partial charge in [0, 0.05) is 12.6 Å². The molecule has 1 unspecified atom stereocenters. The van der Waals surface area contributed by atoms with Crippen molar-refractivity contribution in [1.82, 2.24) is 10.2 Å². The van der Waals surface area contributed by atoms with E-state index in [4.69, 9.17) is 5.73 Å². The largest absolute Gasteiger partial charge is 0.352 e. The van der Waals surface area contributed by atoms with Crippen LogP contribution in [-0.2, 0) is 0 Å². The Labute approximate surface area is 73.1 Å². The van der Waals surface area contributed by atoms with Crippen LogP contribution in [0, 0.1) is 0 Å². The number of carbonyl (C=O) groups is 1. The summed E-state index contributed by atoms with van der Waals surface area (Å²) in [4.78, 5) is 12.8. The van der Waals surface area contributed by atoms with Crippen LogP contribution in [0.25, 0.3) is 0 Å². The van der Waals surface area contributed by atoms with Crippen molar-refractivity contribution in [2.45, 2.75) is 25.8 Å². The first-order valence-corrected chi connectivity index (χ1v) is 4.47. The molecule has 70 valence electrons. The fraction of sp³-hybridized carbons (Fsp3) is 0.875. The minimum Gasteiger partial charge on any atom is -0.352 e. The Morgan fingerprint density at radius 2 is 2.17 bits per heavy atom. The van der Waals surface area contributed by atoms with E-state index >= 15 is 0 Å². The van der Waals surface area contributed by atoms with E-state index in [1.165, 1.54) is 12.8 Å². The van der Waals surface area contributed by atoms with Gasteiger partial charge in [0.05, 0.1) is 0 Å². The van der Waals surface area contributed by atoms with Crippen molar-refractivity contribution < 1.29 is 4.79 Å². The van der Waals surface area contributed by atoms with Gasteiger partial charge in [-0.25, -0.2) is 4.79 Å². The fourth-order valence-corrected chi connectivity index (χ4v) is 1.64. The standard InChI is InChI=1S/C8H17N3O/c1-7(10-8(9)12)6-11-4-2-3-5-11/h7H,2-6H2,1H3,(H3,9,10,12). The molecule has 0 bridgehead atoms. The van der Waals surface area contributed by atoms with Gasteiger partial charge >= 0.3 is 6.03 Å². The molecule has 1 fully saturated rings. The van der Waals surface area contributed by atoms with Crippen molar-refractivity contribution in [3.63, 3.8) is 0 Å². The lowest BCUT2D eigenvalue weighted by molar-refractivity contribution is 0.239. The molecule has 1 saturated heterocycles. The van der Waals surface area contributed by atoms with Gasteiger partial charge in [0.1, 0.15) is 0 Å². The molecule has 0 aromatic carbocycles. The number of nitrogens with one attached hydrogen (secondary N) is 1. The van der Waals surface area contributed by atoms with Crippen molar-refractivity contribution in [2.75, 3.05) is 19.6 Å². The lowest BCUT2D eigenvalue weighted by Gasteiger charge is -2.20. The van der Waals surface area contributed by atoms with Crippen LogP contribution in [0.3, 0.4) is 0 Å². The SMILES string of the molecule is CC(CN1CCCC1)NC(N)=O. The zero-order chi connectivity index (χ0) is 8.97. The van der Waals surface area contributed by atoms with Gasteiger partial charge in [-0.1, -0.05) is 0 Å². The molecule has 2 amide bonds. The van der Waals surface area contributed by atoms with Crippen molar-refractivity contribution in [2.24, 2.45) is 5.73 Å². The third-order valence-corrected chi connectivity index (χ3v) is 2.12. The van der Waals surface area contributed by atoms with Crippen molar-refractivity contribution in [3.8, 4) is 0 Å². The third kappa shape index (κ3) is 3.09. The Morgan fingerprint density at radius 1 is 1.58 bits per heavy atom. The molecule has 4 nitrogen and oxygen atoms in total. The highest BCUT2D eigenvalue weighted by atomic mass is 16.2. The van der Waals surface area contributed by atoms with E-state index in [-0.39, 0.29) is 6.04 Å². The lowest BCUT2D eigenvalue weighted by Crippen LogP contribution is -2.43. The van der Waals surface area contributed by atoms with Crippen LogP contribution in [0.2, 0.25) is 0 Å². The van der Waals surface area contributed by atoms with Gasteiger partial charge in [-0.15, -0.1) is 0 Å². The van der Waals surface area contributed by atoms with Crippen LogP contribution < -0.4 is 11.1 Å². The molecular formula is C8H17N3O. The second kappa shape index (κ2) is 4.30. The number of nitrogens with two attached hydrogens (primary N) is 1. The van der Waals surface area contributed by atoms with Gasteiger partial charge in [-0.2, -0.15) is 0 Å². The van der Waals surface area contributed by atoms with Gasteiger partial charge < -0.3 is 16.0 Å². The number of urea groups is 1. The zero-order valence-electron chi connectivity index (χ0n) is 7.55. The Balaban J connectivity index is 2.16. The summed E-state index contributed by atoms with van der Waals surface area (Å²) >= 11 is 0. The summed E-state index contributed by atoms with van der Waals surface area (Å²) in [6.45, 7) is 5.21. The minimum absolute atomic E-state index is 0.167. The van der Waals surface area contributed by atoms with Crippen molar-refractivity contribution in [1.29, 1.82) is 0 Å². The lowest BCUT2D eigenvalue weighted by atomic mass is 10.3. The molecular weight excluding hydrogens is 154 g/mol. The average molecular weight is 171 g/mol. The van der Waals surface area contributed by atoms with Crippen LogP contribution in [0.5, 0.6) is 0 Å². The second-order valence-corrected chi connectivity index (χ2v) is 3.42. The molecule has 0 aliphatic carbocycles. The van der Waals surface area contributed by atoms with E-state index in [1.807, 2.05) is 6.92 Å². The van der Waals surface area contributed by atoms with E-state index in [2.05, 4.69) is 10.2 Å². The Hall–Kier alpha value is -0.770. The molecule has 1 aliphatic rings. The highest BCUT2D eigenvalue weighted by Crippen LogP contribution is 2.07. The number of carbonyl (C=O) groups excluding carboxylic acids is 1. The Morgan fingerprint density at radius 3 is 2.67 bits per heavy atom. The topological polar surface area (TPSA) is 58.4 Å². The predicted octanol–water partition coefficient (Wildman–Crippen LogP) is 0.139. The number of primary amides is 1. The molecule has 0 spiro atoms. The molecule has 0 saturated carbocycles. The van der Waals surface area contributed by atoms with E-state index in [0.29, 0.717) is 0 Å². The summed E-state index contributed by atoms with van der Waals surface area (Å²) in [5, 5.41) is 2.67. The van der Waals surface area contributed by atoms with Gasteiger partial charge in [-0.3, -0.25) is 0 Å². The Kier molecular flexibility index (Phi) is 3.34. The first-order valence-electron chi connectivity index (χ1n) is 4.47. The number of rotatable bonds is 3. The number of hydrogen-bond acceptors (Lipinski definition) is 2. The number of likely N-dealkylation sites (tertiary alicyclic amines) is 1. The summed E-state index contributed by atoms with van der Waals surface area (Å²) in [5.74, 6) is 0. The molecule has 3 N–H and O–H groups in total. The highest BCUT2D eigenvalue weighted by Gasteiger charge is 2.14. The average Bonchev–Trinajstić information content (AvgIpc) is 2.37. The van der Waals surface area contributed by atoms with Crippen LogP contribution >= 0.6 is 0 Å². The third-order valence-electron chi connectivity index (χ3n) is 2.12. The van der Waals surface area contributed by atoms with Crippen LogP contribution in [0.15, 0.2) is 0 Å². The van der Waals surface area contributed by atoms with Crippen LogP contribution in [-0.4, -0.2) is 36.6 Å². The fourth-order valence-electron chi connectivity index (χ4n) is 1.64. The smallest absolute Gasteiger partial charge is 0.312 e. The molecule has 0 aromatic heterocycles. The molecule has 1 aliphatic heterocycles. The highest BCUT2D eigenvalue weighted by molar-refractivity contribution is 5.71. The van der Waals surface area contributed by atoms with Gasteiger partial charge in [0.15, 0.2) is 0 Å². The van der Waals surface area contributed by atoms with Crippen molar-refractivity contribution in [3.05, 3.63) is 0 Å². The maximum Gasteiger partial charge on any atom is 0.312 e. The summed E-state index contributed by atoms with van der Waals surface area (Å²) in [6, 6.07) is -0.262. The first kappa shape index (κ1) is 9.32. The second-order valence-electron chi connectivity index (χ2n) is 3.42. The molecule has 1 atom stereocenters. The van der Waals surface area contributed by atoms with Gasteiger partial charge in [-0.05, 0) is 32.9 Å².